The summed E-state index contributed by atoms with van der Waals surface area (Å²) >= 11 is 0. The summed E-state index contributed by atoms with van der Waals surface area (Å²) in [5.74, 6) is -0.553. The van der Waals surface area contributed by atoms with Crippen LogP contribution >= 0.6 is 0 Å². The van der Waals surface area contributed by atoms with Crippen LogP contribution in [-0.4, -0.2) is 71.3 Å². The fourth-order valence-corrected chi connectivity index (χ4v) is 4.89. The lowest BCUT2D eigenvalue weighted by atomic mass is 9.74. The van der Waals surface area contributed by atoms with E-state index in [2.05, 4.69) is 9.97 Å². The number of imide groups is 1. The number of methoxy groups -OCH3 is 1. The first kappa shape index (κ1) is 25.5. The summed E-state index contributed by atoms with van der Waals surface area (Å²) in [4.78, 5) is 50.4. The molecule has 1 aliphatic rings. The van der Waals surface area contributed by atoms with Gasteiger partial charge in [-0.15, -0.1) is 0 Å². The molecule has 190 valence electrons. The van der Waals surface area contributed by atoms with Crippen LogP contribution in [0.3, 0.4) is 0 Å². The van der Waals surface area contributed by atoms with E-state index in [1.165, 1.54) is 17.0 Å². The predicted octanol–water partition coefficient (Wildman–Crippen LogP) is 3.13. The molecule has 0 saturated carbocycles. The summed E-state index contributed by atoms with van der Waals surface area (Å²) < 4.78 is 18.6. The number of H-pyrrole nitrogens is 1. The predicted molar refractivity (Wildman–Crippen MR) is 133 cm³/mol. The SMILES string of the molecule is COCCCN1C(=O)C[C@@](CC(=O)N(C)CCc2nc3ccc(F)cc3[nH]2)(c2ccccc2C)C1=O. The maximum Gasteiger partial charge on any atom is 0.240 e. The molecule has 36 heavy (non-hydrogen) atoms. The topological polar surface area (TPSA) is 95.6 Å². The van der Waals surface area contributed by atoms with E-state index < -0.39 is 5.41 Å². The number of amides is 3. The summed E-state index contributed by atoms with van der Waals surface area (Å²) in [5, 5.41) is 0. The summed E-state index contributed by atoms with van der Waals surface area (Å²) in [7, 11) is 3.25. The Kier molecular flexibility index (Phi) is 7.49. The summed E-state index contributed by atoms with van der Waals surface area (Å²) in [6, 6.07) is 11.8. The van der Waals surface area contributed by atoms with E-state index in [1.807, 2.05) is 31.2 Å². The number of halogens is 1. The first-order chi connectivity index (χ1) is 17.2. The van der Waals surface area contributed by atoms with Crippen molar-refractivity contribution in [2.45, 2.75) is 38.0 Å². The van der Waals surface area contributed by atoms with Crippen LogP contribution in [0.15, 0.2) is 42.5 Å². The zero-order chi connectivity index (χ0) is 25.9. The van der Waals surface area contributed by atoms with Crippen molar-refractivity contribution >= 4 is 28.8 Å². The molecule has 0 spiro atoms. The minimum Gasteiger partial charge on any atom is -0.385 e. The molecule has 8 nitrogen and oxygen atoms in total. The molecular weight excluding hydrogens is 463 g/mol. The van der Waals surface area contributed by atoms with E-state index in [1.54, 1.807) is 25.1 Å². The van der Waals surface area contributed by atoms with E-state index in [0.717, 1.165) is 5.56 Å². The lowest BCUT2D eigenvalue weighted by molar-refractivity contribution is -0.142. The number of aromatic amines is 1. The smallest absolute Gasteiger partial charge is 0.240 e. The minimum absolute atomic E-state index is 0.0433. The molecule has 0 radical (unpaired) electrons. The number of carbonyl (C=O) groups excluding carboxylic acids is 3. The van der Waals surface area contributed by atoms with Crippen LogP contribution in [0.5, 0.6) is 0 Å². The van der Waals surface area contributed by atoms with E-state index in [-0.39, 0.29) is 42.9 Å². The van der Waals surface area contributed by atoms with Crippen LogP contribution in [0.25, 0.3) is 11.0 Å². The Morgan fingerprint density at radius 3 is 2.78 bits per heavy atom. The zero-order valence-corrected chi connectivity index (χ0v) is 20.8. The quantitative estimate of drug-likeness (QED) is 0.345. The van der Waals surface area contributed by atoms with Crippen molar-refractivity contribution in [3.8, 4) is 0 Å². The van der Waals surface area contributed by atoms with Gasteiger partial charge in [-0.2, -0.15) is 0 Å². The standard InChI is InChI=1S/C27H31FN4O4/c1-18-7-4-5-8-20(18)27(17-25(34)32(26(27)35)12-6-14-36-3)16-24(33)31(2)13-11-23-29-21-10-9-19(28)15-22(21)30-23/h4-5,7-10,15H,6,11-14,16-17H2,1-3H3,(H,29,30)/t27-/m0/s1. The number of ether oxygens (including phenoxy) is 1. The number of likely N-dealkylation sites (N-methyl/N-ethyl adjacent to an activating group) is 1. The van der Waals surface area contributed by atoms with Crippen molar-refractivity contribution in [1.82, 2.24) is 19.8 Å². The van der Waals surface area contributed by atoms with E-state index in [4.69, 9.17) is 4.74 Å². The van der Waals surface area contributed by atoms with Crippen LogP contribution in [0.2, 0.25) is 0 Å². The lowest BCUT2D eigenvalue weighted by Gasteiger charge is -2.30. The van der Waals surface area contributed by atoms with Crippen molar-refractivity contribution in [1.29, 1.82) is 0 Å². The Labute approximate surface area is 209 Å². The van der Waals surface area contributed by atoms with Gasteiger partial charge in [0.2, 0.25) is 17.7 Å². The number of imidazole rings is 1. The second-order valence-electron chi connectivity index (χ2n) is 9.36. The molecule has 1 N–H and O–H groups in total. The maximum atomic E-state index is 13.7. The molecule has 0 unspecified atom stereocenters. The third-order valence-electron chi connectivity index (χ3n) is 6.86. The molecule has 4 rings (SSSR count). The number of nitrogens with one attached hydrogen (secondary N) is 1. The number of aryl methyl sites for hydroxylation is 1. The van der Waals surface area contributed by atoms with E-state index >= 15 is 0 Å². The second-order valence-corrected chi connectivity index (χ2v) is 9.36. The molecule has 2 heterocycles. The lowest BCUT2D eigenvalue weighted by Crippen LogP contribution is -2.43. The summed E-state index contributed by atoms with van der Waals surface area (Å²) in [6.07, 6.45) is 0.822. The highest BCUT2D eigenvalue weighted by molar-refractivity contribution is 6.11. The van der Waals surface area contributed by atoms with Crippen LogP contribution in [-0.2, 0) is 31.0 Å². The first-order valence-electron chi connectivity index (χ1n) is 12.0. The molecular formula is C27H31FN4O4. The molecule has 9 heteroatoms. The van der Waals surface area contributed by atoms with Crippen LogP contribution < -0.4 is 0 Å². The van der Waals surface area contributed by atoms with Crippen LogP contribution in [0.4, 0.5) is 4.39 Å². The number of fused-ring (bicyclic) bond motifs is 1. The molecule has 1 atom stereocenters. The van der Waals surface area contributed by atoms with E-state index in [9.17, 15) is 18.8 Å². The highest BCUT2D eigenvalue weighted by Gasteiger charge is 2.54. The molecule has 0 aliphatic carbocycles. The number of hydrogen-bond acceptors (Lipinski definition) is 5. The Morgan fingerprint density at radius 1 is 1.25 bits per heavy atom. The number of rotatable bonds is 10. The van der Waals surface area contributed by atoms with Gasteiger partial charge in [-0.05, 0) is 42.7 Å². The monoisotopic (exact) mass is 494 g/mol. The maximum absolute atomic E-state index is 13.7. The van der Waals surface area contributed by atoms with Crippen LogP contribution in [0.1, 0.15) is 36.2 Å². The van der Waals surface area contributed by atoms with Gasteiger partial charge in [-0.25, -0.2) is 9.37 Å². The molecule has 3 amide bonds. The summed E-state index contributed by atoms with van der Waals surface area (Å²) in [6.45, 7) is 2.94. The average Bonchev–Trinajstić information content (AvgIpc) is 3.36. The van der Waals surface area contributed by atoms with Crippen molar-refractivity contribution in [3.05, 3.63) is 65.2 Å². The Hall–Kier alpha value is -3.59. The molecule has 1 aromatic heterocycles. The minimum atomic E-state index is -1.24. The van der Waals surface area contributed by atoms with Gasteiger partial charge in [0.1, 0.15) is 11.6 Å². The highest BCUT2D eigenvalue weighted by Crippen LogP contribution is 2.41. The number of benzene rings is 2. The third kappa shape index (κ3) is 5.02. The van der Waals surface area contributed by atoms with Crippen molar-refractivity contribution in [2.24, 2.45) is 0 Å². The fraction of sp³-hybridized carbons (Fsp3) is 0.407. The zero-order valence-electron chi connectivity index (χ0n) is 20.8. The van der Waals surface area contributed by atoms with Gasteiger partial charge in [0.25, 0.3) is 0 Å². The van der Waals surface area contributed by atoms with E-state index in [0.29, 0.717) is 48.4 Å². The third-order valence-corrected chi connectivity index (χ3v) is 6.86. The first-order valence-corrected chi connectivity index (χ1v) is 12.0. The Bertz CT molecular complexity index is 1290. The second kappa shape index (κ2) is 10.6. The van der Waals surface area contributed by atoms with Crippen molar-refractivity contribution in [2.75, 3.05) is 33.9 Å². The van der Waals surface area contributed by atoms with Gasteiger partial charge >= 0.3 is 0 Å². The number of carbonyl (C=O) groups is 3. The normalized spacial score (nSPS) is 17.8. The van der Waals surface area contributed by atoms with Gasteiger partial charge < -0.3 is 14.6 Å². The molecule has 1 saturated heterocycles. The number of hydrogen-bond donors (Lipinski definition) is 1. The van der Waals surface area contributed by atoms with Gasteiger partial charge in [0, 0.05) is 53.1 Å². The fourth-order valence-electron chi connectivity index (χ4n) is 4.89. The average molecular weight is 495 g/mol. The van der Waals surface area contributed by atoms with Gasteiger partial charge in [0.15, 0.2) is 0 Å². The Balaban J connectivity index is 1.52. The highest BCUT2D eigenvalue weighted by atomic mass is 19.1. The molecule has 3 aromatic rings. The molecule has 0 bridgehead atoms. The van der Waals surface area contributed by atoms with Gasteiger partial charge in [0.05, 0.1) is 16.4 Å². The Morgan fingerprint density at radius 2 is 2.03 bits per heavy atom. The van der Waals surface area contributed by atoms with Gasteiger partial charge in [-0.1, -0.05) is 24.3 Å². The van der Waals surface area contributed by atoms with Crippen LogP contribution in [0, 0.1) is 12.7 Å². The molecule has 1 fully saturated rings. The van der Waals surface area contributed by atoms with Crippen molar-refractivity contribution < 1.29 is 23.5 Å². The number of aromatic nitrogens is 2. The largest absolute Gasteiger partial charge is 0.385 e. The van der Waals surface area contributed by atoms with Gasteiger partial charge in [-0.3, -0.25) is 19.3 Å². The number of likely N-dealkylation sites (tertiary alicyclic amines) is 1. The molecule has 2 aromatic carbocycles. The molecule has 1 aliphatic heterocycles. The van der Waals surface area contributed by atoms with Crippen molar-refractivity contribution in [3.63, 3.8) is 0 Å². The number of nitrogens with zero attached hydrogens (tertiary/aromatic N) is 3. The summed E-state index contributed by atoms with van der Waals surface area (Å²) in [5.41, 5.74) is 1.59.